The Morgan fingerprint density at radius 2 is 1.87 bits per heavy atom. The van der Waals surface area contributed by atoms with Gasteiger partial charge in [0.1, 0.15) is 5.82 Å². The SMILES string of the molecule is CC(C)(C)CC1NC(C(=O)Nc2ccc(C(=O)O)cc2)C(c2cccc(Cl)c2F)C1(N)c1ccc(Br)cn1. The standard InChI is InChI=1S/C28H29BrClFN4O3/c1-27(2,3)13-21-28(32,20-12-9-16(29)14-33-20)22(18-5-4-6-19(30)23(18)31)24(35-21)25(36)34-17-10-7-15(8-11-17)26(37)38/h4-12,14,21-22,24,35H,13,32H2,1-3H3,(H,34,36)(H,37,38). The van der Waals surface area contributed by atoms with E-state index < -0.39 is 41.2 Å². The number of hydrogen-bond acceptors (Lipinski definition) is 5. The molecule has 0 spiro atoms. The number of halogens is 3. The number of aromatic carboxylic acids is 1. The van der Waals surface area contributed by atoms with Gasteiger partial charge in [0, 0.05) is 28.3 Å². The molecule has 1 fully saturated rings. The second kappa shape index (κ2) is 10.7. The number of carbonyl (C=O) groups excluding carboxylic acids is 1. The molecular formula is C28H29BrClFN4O3. The summed E-state index contributed by atoms with van der Waals surface area (Å²) < 4.78 is 16.4. The second-order valence-corrected chi connectivity index (χ2v) is 12.1. The molecule has 2 heterocycles. The zero-order valence-electron chi connectivity index (χ0n) is 21.1. The summed E-state index contributed by atoms with van der Waals surface area (Å²) in [5, 5.41) is 15.3. The van der Waals surface area contributed by atoms with Crippen LogP contribution in [0.1, 0.15) is 54.7 Å². The van der Waals surface area contributed by atoms with E-state index in [-0.39, 0.29) is 21.6 Å². The van der Waals surface area contributed by atoms with Gasteiger partial charge in [0.25, 0.3) is 0 Å². The number of nitrogens with two attached hydrogens (primary N) is 1. The molecule has 5 N–H and O–H groups in total. The van der Waals surface area contributed by atoms with Crippen LogP contribution in [0.25, 0.3) is 0 Å². The lowest BCUT2D eigenvalue weighted by Gasteiger charge is -2.38. The van der Waals surface area contributed by atoms with Crippen molar-refractivity contribution >= 4 is 45.1 Å². The summed E-state index contributed by atoms with van der Waals surface area (Å²) in [6.45, 7) is 6.20. The summed E-state index contributed by atoms with van der Waals surface area (Å²) in [7, 11) is 0. The van der Waals surface area contributed by atoms with Gasteiger partial charge < -0.3 is 21.5 Å². The van der Waals surface area contributed by atoms with Gasteiger partial charge in [-0.25, -0.2) is 9.18 Å². The lowest BCUT2D eigenvalue weighted by molar-refractivity contribution is -0.118. The summed E-state index contributed by atoms with van der Waals surface area (Å²) in [5.41, 5.74) is 6.99. The van der Waals surface area contributed by atoms with Crippen LogP contribution in [0.15, 0.2) is 65.3 Å². The first-order chi connectivity index (χ1) is 17.8. The average Bonchev–Trinajstić information content (AvgIpc) is 3.13. The molecule has 4 atom stereocenters. The van der Waals surface area contributed by atoms with Crippen LogP contribution in [-0.4, -0.2) is 34.1 Å². The van der Waals surface area contributed by atoms with Crippen molar-refractivity contribution in [2.24, 2.45) is 11.1 Å². The van der Waals surface area contributed by atoms with Crippen LogP contribution in [0.2, 0.25) is 5.02 Å². The van der Waals surface area contributed by atoms with Crippen molar-refractivity contribution in [2.45, 2.75) is 50.7 Å². The first kappa shape index (κ1) is 28.2. The summed E-state index contributed by atoms with van der Waals surface area (Å²) in [6.07, 6.45) is 2.19. The highest BCUT2D eigenvalue weighted by Gasteiger charge is 2.58. The molecule has 0 saturated carbocycles. The Bertz CT molecular complexity index is 1350. The van der Waals surface area contributed by atoms with Crippen LogP contribution in [-0.2, 0) is 10.3 Å². The predicted molar refractivity (Wildman–Crippen MR) is 149 cm³/mol. The summed E-state index contributed by atoms with van der Waals surface area (Å²) in [4.78, 5) is 29.6. The Morgan fingerprint density at radius 3 is 2.45 bits per heavy atom. The third-order valence-corrected chi connectivity index (χ3v) is 7.55. The van der Waals surface area contributed by atoms with Gasteiger partial charge in [0.2, 0.25) is 5.91 Å². The van der Waals surface area contributed by atoms with Crippen LogP contribution < -0.4 is 16.4 Å². The molecule has 1 aliphatic rings. The molecular weight excluding hydrogens is 575 g/mol. The fraction of sp³-hybridized carbons (Fsp3) is 0.321. The molecule has 1 aromatic heterocycles. The minimum absolute atomic E-state index is 0.0729. The largest absolute Gasteiger partial charge is 0.478 e. The maximum absolute atomic E-state index is 15.6. The fourth-order valence-electron chi connectivity index (χ4n) is 5.09. The van der Waals surface area contributed by atoms with E-state index in [2.05, 4.69) is 52.3 Å². The number of nitrogens with zero attached hydrogens (tertiary/aromatic N) is 1. The number of aromatic nitrogens is 1. The number of carbonyl (C=O) groups is 2. The Balaban J connectivity index is 1.84. The Kier molecular flexibility index (Phi) is 7.95. The van der Waals surface area contributed by atoms with Crippen LogP contribution in [0, 0.1) is 11.2 Å². The second-order valence-electron chi connectivity index (χ2n) is 10.7. The number of nitrogens with one attached hydrogen (secondary N) is 2. The average molecular weight is 604 g/mol. The van der Waals surface area contributed by atoms with E-state index in [1.807, 2.05) is 6.07 Å². The minimum Gasteiger partial charge on any atom is -0.478 e. The minimum atomic E-state index is -1.28. The van der Waals surface area contributed by atoms with Gasteiger partial charge in [-0.3, -0.25) is 9.78 Å². The van der Waals surface area contributed by atoms with E-state index in [9.17, 15) is 14.7 Å². The first-order valence-corrected chi connectivity index (χ1v) is 13.2. The lowest BCUT2D eigenvalue weighted by Crippen LogP contribution is -2.52. The van der Waals surface area contributed by atoms with E-state index in [4.69, 9.17) is 17.3 Å². The molecule has 7 nitrogen and oxygen atoms in total. The maximum Gasteiger partial charge on any atom is 0.335 e. The molecule has 10 heteroatoms. The van der Waals surface area contributed by atoms with Crippen molar-refractivity contribution in [1.29, 1.82) is 0 Å². The molecule has 1 amide bonds. The molecule has 0 bridgehead atoms. The third-order valence-electron chi connectivity index (χ3n) is 6.79. The highest BCUT2D eigenvalue weighted by atomic mass is 79.9. The molecule has 38 heavy (non-hydrogen) atoms. The number of benzene rings is 2. The molecule has 4 rings (SSSR count). The van der Waals surface area contributed by atoms with Crippen LogP contribution in [0.4, 0.5) is 10.1 Å². The topological polar surface area (TPSA) is 117 Å². The van der Waals surface area contributed by atoms with Crippen molar-refractivity contribution in [3.8, 4) is 0 Å². The van der Waals surface area contributed by atoms with E-state index in [1.54, 1.807) is 24.4 Å². The molecule has 1 saturated heterocycles. The Hall–Kier alpha value is -2.85. The van der Waals surface area contributed by atoms with E-state index in [0.29, 0.717) is 17.8 Å². The number of carboxylic acids is 1. The van der Waals surface area contributed by atoms with Crippen molar-refractivity contribution in [1.82, 2.24) is 10.3 Å². The first-order valence-electron chi connectivity index (χ1n) is 12.1. The molecule has 200 valence electrons. The van der Waals surface area contributed by atoms with Gasteiger partial charge in [-0.05, 0) is 75.8 Å². The third kappa shape index (κ3) is 5.61. The molecule has 1 aliphatic heterocycles. The summed E-state index contributed by atoms with van der Waals surface area (Å²) >= 11 is 9.59. The number of hydrogen-bond donors (Lipinski definition) is 4. The molecule has 0 radical (unpaired) electrons. The van der Waals surface area contributed by atoms with E-state index >= 15 is 4.39 Å². The normalized spacial score (nSPS) is 23.3. The van der Waals surface area contributed by atoms with Gasteiger partial charge in [-0.2, -0.15) is 0 Å². The highest BCUT2D eigenvalue weighted by Crippen LogP contribution is 2.48. The number of pyridine rings is 1. The highest BCUT2D eigenvalue weighted by molar-refractivity contribution is 9.10. The predicted octanol–water partition coefficient (Wildman–Crippen LogP) is 5.69. The Morgan fingerprint density at radius 1 is 1.18 bits per heavy atom. The smallest absolute Gasteiger partial charge is 0.335 e. The van der Waals surface area contributed by atoms with Gasteiger partial charge in [0.05, 0.1) is 27.9 Å². The zero-order valence-corrected chi connectivity index (χ0v) is 23.5. The van der Waals surface area contributed by atoms with Gasteiger partial charge in [0.15, 0.2) is 0 Å². The molecule has 4 unspecified atom stereocenters. The van der Waals surface area contributed by atoms with Crippen LogP contribution in [0.5, 0.6) is 0 Å². The van der Waals surface area contributed by atoms with Crippen molar-refractivity contribution < 1.29 is 19.1 Å². The zero-order chi connectivity index (χ0) is 27.8. The van der Waals surface area contributed by atoms with E-state index in [0.717, 1.165) is 4.47 Å². The molecule has 3 aromatic rings. The summed E-state index contributed by atoms with van der Waals surface area (Å²) in [6, 6.07) is 12.7. The number of carboxylic acid groups (broad SMARTS) is 1. The molecule has 2 aromatic carbocycles. The van der Waals surface area contributed by atoms with E-state index in [1.165, 1.54) is 30.3 Å². The summed E-state index contributed by atoms with van der Waals surface area (Å²) in [5.74, 6) is -3.04. The maximum atomic E-state index is 15.6. The lowest BCUT2D eigenvalue weighted by atomic mass is 9.70. The number of anilines is 1. The number of amides is 1. The van der Waals surface area contributed by atoms with Crippen LogP contribution in [0.3, 0.4) is 0 Å². The van der Waals surface area contributed by atoms with Gasteiger partial charge in [-0.1, -0.05) is 44.5 Å². The van der Waals surface area contributed by atoms with Gasteiger partial charge in [-0.15, -0.1) is 0 Å². The quantitative estimate of drug-likeness (QED) is 0.288. The van der Waals surface area contributed by atoms with Crippen molar-refractivity contribution in [2.75, 3.05) is 5.32 Å². The van der Waals surface area contributed by atoms with Crippen molar-refractivity contribution in [3.05, 3.63) is 92.9 Å². The fourth-order valence-corrected chi connectivity index (χ4v) is 5.51. The van der Waals surface area contributed by atoms with Crippen molar-refractivity contribution in [3.63, 3.8) is 0 Å². The number of rotatable bonds is 6. The monoisotopic (exact) mass is 602 g/mol. The Labute approximate surface area is 234 Å². The molecule has 0 aliphatic carbocycles. The van der Waals surface area contributed by atoms with Crippen LogP contribution >= 0.6 is 27.5 Å². The van der Waals surface area contributed by atoms with Gasteiger partial charge >= 0.3 is 5.97 Å².